The summed E-state index contributed by atoms with van der Waals surface area (Å²) in [5, 5.41) is 2.91. The Morgan fingerprint density at radius 1 is 1.29 bits per heavy atom. The van der Waals surface area contributed by atoms with E-state index >= 15 is 0 Å². The van der Waals surface area contributed by atoms with Gasteiger partial charge in [0.1, 0.15) is 4.99 Å². The van der Waals surface area contributed by atoms with Gasteiger partial charge in [-0.15, -0.1) is 0 Å². The summed E-state index contributed by atoms with van der Waals surface area (Å²) in [6.45, 7) is 5.85. The minimum absolute atomic E-state index is 0.0633. The lowest BCUT2D eigenvalue weighted by Gasteiger charge is -2.20. The minimum Gasteiger partial charge on any atom is -0.389 e. The van der Waals surface area contributed by atoms with Crippen molar-refractivity contribution in [3.05, 3.63) is 29.3 Å². The molecule has 1 aromatic rings. The topological polar surface area (TPSA) is 41.3 Å². The van der Waals surface area contributed by atoms with Crippen LogP contribution in [0.5, 0.6) is 0 Å². The second-order valence-corrected chi connectivity index (χ2v) is 5.80. The van der Waals surface area contributed by atoms with E-state index < -0.39 is 11.6 Å². The van der Waals surface area contributed by atoms with E-state index in [0.29, 0.717) is 12.6 Å². The van der Waals surface area contributed by atoms with Gasteiger partial charge in [0.05, 0.1) is 5.69 Å². The zero-order chi connectivity index (χ0) is 16.0. The fraction of sp³-hybridized carbons (Fsp3) is 0.533. The highest BCUT2D eigenvalue weighted by Gasteiger charge is 2.14. The Labute approximate surface area is 130 Å². The number of nitrogens with two attached hydrogens (primary N) is 1. The Morgan fingerprint density at radius 3 is 2.52 bits per heavy atom. The third-order valence-electron chi connectivity index (χ3n) is 3.48. The van der Waals surface area contributed by atoms with Gasteiger partial charge in [-0.25, -0.2) is 8.78 Å². The second kappa shape index (κ2) is 8.24. The normalized spacial score (nSPS) is 11.2. The molecule has 1 aromatic carbocycles. The van der Waals surface area contributed by atoms with Crippen molar-refractivity contribution in [2.45, 2.75) is 32.7 Å². The number of benzene rings is 1. The molecule has 1 rings (SSSR count). The number of nitrogens with one attached hydrogen (secondary N) is 1. The first-order valence-corrected chi connectivity index (χ1v) is 7.47. The molecule has 6 heteroatoms. The van der Waals surface area contributed by atoms with Crippen LogP contribution in [0, 0.1) is 11.6 Å². The van der Waals surface area contributed by atoms with Crippen LogP contribution in [0.15, 0.2) is 12.1 Å². The monoisotopic (exact) mass is 315 g/mol. The average molecular weight is 315 g/mol. The van der Waals surface area contributed by atoms with E-state index in [4.69, 9.17) is 5.73 Å². The molecule has 0 bridgehead atoms. The van der Waals surface area contributed by atoms with E-state index in [1.165, 1.54) is 12.1 Å². The number of rotatable bonds is 8. The first-order chi connectivity index (χ1) is 9.84. The summed E-state index contributed by atoms with van der Waals surface area (Å²) in [5.74, 6) is -1.92. The number of unbranched alkanes of at least 4 members (excludes halogenated alkanes) is 1. The molecule has 0 aliphatic heterocycles. The average Bonchev–Trinajstić information content (AvgIpc) is 2.42. The first kappa shape index (κ1) is 17.8. The van der Waals surface area contributed by atoms with Crippen molar-refractivity contribution in [1.29, 1.82) is 0 Å². The van der Waals surface area contributed by atoms with Crippen LogP contribution in [0.2, 0.25) is 0 Å². The van der Waals surface area contributed by atoms with E-state index in [1.807, 2.05) is 0 Å². The molecular weight excluding hydrogens is 292 g/mol. The van der Waals surface area contributed by atoms with Gasteiger partial charge in [-0.1, -0.05) is 12.2 Å². The Morgan fingerprint density at radius 2 is 1.95 bits per heavy atom. The van der Waals surface area contributed by atoms with Crippen LogP contribution in [0.3, 0.4) is 0 Å². The van der Waals surface area contributed by atoms with E-state index in [-0.39, 0.29) is 16.2 Å². The SMILES string of the molecule is CC(C)N(C)CCCCNc1ccc(C(N)=S)c(F)c1F. The summed E-state index contributed by atoms with van der Waals surface area (Å²) in [4.78, 5) is 2.10. The van der Waals surface area contributed by atoms with Crippen molar-refractivity contribution in [2.75, 3.05) is 25.5 Å². The van der Waals surface area contributed by atoms with Crippen molar-refractivity contribution in [3.63, 3.8) is 0 Å². The Kier molecular flexibility index (Phi) is 6.98. The molecule has 21 heavy (non-hydrogen) atoms. The molecule has 0 fully saturated rings. The minimum atomic E-state index is -0.993. The summed E-state index contributed by atoms with van der Waals surface area (Å²) in [7, 11) is 2.07. The molecule has 0 aromatic heterocycles. The van der Waals surface area contributed by atoms with Gasteiger partial charge in [0.15, 0.2) is 11.6 Å². The quantitative estimate of drug-likeness (QED) is 0.571. The van der Waals surface area contributed by atoms with Gasteiger partial charge in [0.2, 0.25) is 0 Å². The van der Waals surface area contributed by atoms with Gasteiger partial charge < -0.3 is 16.0 Å². The van der Waals surface area contributed by atoms with Crippen LogP contribution in [0.4, 0.5) is 14.5 Å². The number of halogens is 2. The molecule has 0 unspecified atom stereocenters. The number of anilines is 1. The maximum atomic E-state index is 13.8. The van der Waals surface area contributed by atoms with E-state index in [2.05, 4.69) is 43.3 Å². The number of hydrogen-bond donors (Lipinski definition) is 2. The Hall–Kier alpha value is -1.27. The molecular formula is C15H23F2N3S. The third kappa shape index (κ3) is 5.21. The molecule has 0 saturated carbocycles. The molecule has 3 nitrogen and oxygen atoms in total. The van der Waals surface area contributed by atoms with Gasteiger partial charge in [-0.05, 0) is 52.4 Å². The molecule has 118 valence electrons. The van der Waals surface area contributed by atoms with Crippen molar-refractivity contribution >= 4 is 22.9 Å². The molecule has 0 saturated heterocycles. The smallest absolute Gasteiger partial charge is 0.182 e. The van der Waals surface area contributed by atoms with Crippen LogP contribution < -0.4 is 11.1 Å². The van der Waals surface area contributed by atoms with E-state index in [1.54, 1.807) is 0 Å². The van der Waals surface area contributed by atoms with Crippen molar-refractivity contribution in [2.24, 2.45) is 5.73 Å². The molecule has 0 aliphatic carbocycles. The Bertz CT molecular complexity index is 492. The fourth-order valence-electron chi connectivity index (χ4n) is 1.84. The molecule has 0 heterocycles. The van der Waals surface area contributed by atoms with Gasteiger partial charge in [-0.3, -0.25) is 0 Å². The third-order valence-corrected chi connectivity index (χ3v) is 3.70. The molecule has 0 amide bonds. The second-order valence-electron chi connectivity index (χ2n) is 5.36. The highest BCUT2D eigenvalue weighted by molar-refractivity contribution is 7.80. The van der Waals surface area contributed by atoms with E-state index in [0.717, 1.165) is 19.4 Å². The summed E-state index contributed by atoms with van der Waals surface area (Å²) >= 11 is 4.67. The van der Waals surface area contributed by atoms with Crippen LogP contribution in [0.1, 0.15) is 32.3 Å². The predicted molar refractivity (Wildman–Crippen MR) is 87.7 cm³/mol. The van der Waals surface area contributed by atoms with Crippen molar-refractivity contribution in [1.82, 2.24) is 4.90 Å². The number of thiocarbonyl (C=S) groups is 1. The number of nitrogens with zero attached hydrogens (tertiary/aromatic N) is 1. The van der Waals surface area contributed by atoms with Crippen molar-refractivity contribution in [3.8, 4) is 0 Å². The summed E-state index contributed by atoms with van der Waals surface area (Å²) < 4.78 is 27.5. The number of hydrogen-bond acceptors (Lipinski definition) is 3. The lowest BCUT2D eigenvalue weighted by Crippen LogP contribution is -2.27. The lowest BCUT2D eigenvalue weighted by molar-refractivity contribution is 0.269. The van der Waals surface area contributed by atoms with Crippen LogP contribution in [0.25, 0.3) is 0 Å². The summed E-state index contributed by atoms with van der Waals surface area (Å²) in [6, 6.07) is 3.38. The van der Waals surface area contributed by atoms with Crippen LogP contribution in [-0.4, -0.2) is 36.1 Å². The fourth-order valence-corrected chi connectivity index (χ4v) is 2.00. The van der Waals surface area contributed by atoms with Crippen molar-refractivity contribution < 1.29 is 8.78 Å². The predicted octanol–water partition coefficient (Wildman–Crippen LogP) is 3.13. The summed E-state index contributed by atoms with van der Waals surface area (Å²) in [5.41, 5.74) is 5.41. The zero-order valence-corrected chi connectivity index (χ0v) is 13.6. The maximum absolute atomic E-state index is 13.8. The standard InChI is InChI=1S/C15H23F2N3S/c1-10(2)20(3)9-5-4-8-19-12-7-6-11(15(18)21)13(16)14(12)17/h6-7,10,19H,4-5,8-9H2,1-3H3,(H2,18,21). The van der Waals surface area contributed by atoms with Gasteiger partial charge in [-0.2, -0.15) is 0 Å². The highest BCUT2D eigenvalue weighted by Crippen LogP contribution is 2.20. The van der Waals surface area contributed by atoms with Crippen LogP contribution in [-0.2, 0) is 0 Å². The molecule has 3 N–H and O–H groups in total. The van der Waals surface area contributed by atoms with Gasteiger partial charge in [0.25, 0.3) is 0 Å². The first-order valence-electron chi connectivity index (χ1n) is 7.06. The zero-order valence-electron chi connectivity index (χ0n) is 12.7. The molecule has 0 aliphatic rings. The van der Waals surface area contributed by atoms with Crippen LogP contribution >= 0.6 is 12.2 Å². The highest BCUT2D eigenvalue weighted by atomic mass is 32.1. The summed E-state index contributed by atoms with van der Waals surface area (Å²) in [6.07, 6.45) is 1.88. The maximum Gasteiger partial charge on any atom is 0.182 e. The molecule has 0 spiro atoms. The lowest BCUT2D eigenvalue weighted by atomic mass is 10.1. The van der Waals surface area contributed by atoms with E-state index in [9.17, 15) is 8.78 Å². The van der Waals surface area contributed by atoms with Gasteiger partial charge in [0, 0.05) is 18.2 Å². The van der Waals surface area contributed by atoms with Gasteiger partial charge >= 0.3 is 0 Å². The molecule has 0 radical (unpaired) electrons. The molecule has 0 atom stereocenters. The Balaban J connectivity index is 2.46. The largest absolute Gasteiger partial charge is 0.389 e.